The van der Waals surface area contributed by atoms with E-state index in [-0.39, 0.29) is 24.2 Å². The Morgan fingerprint density at radius 1 is 1.10 bits per heavy atom. The second kappa shape index (κ2) is 8.36. The van der Waals surface area contributed by atoms with Gasteiger partial charge in [0.1, 0.15) is 5.01 Å². The van der Waals surface area contributed by atoms with Crippen molar-refractivity contribution >= 4 is 34.0 Å². The summed E-state index contributed by atoms with van der Waals surface area (Å²) in [7, 11) is 0. The van der Waals surface area contributed by atoms with E-state index in [1.807, 2.05) is 61.2 Å². The van der Waals surface area contributed by atoms with Gasteiger partial charge in [0.25, 0.3) is 0 Å². The third-order valence-corrected chi connectivity index (χ3v) is 6.45. The molecule has 1 aliphatic heterocycles. The van der Waals surface area contributed by atoms with Crippen LogP contribution in [0.1, 0.15) is 39.6 Å². The number of nitrogens with one attached hydrogen (secondary N) is 1. The number of carbonyl (C=O) groups excluding carboxylic acids is 2. The Labute approximate surface area is 180 Å². The zero-order valence-corrected chi connectivity index (χ0v) is 18.1. The first kappa shape index (κ1) is 20.2. The van der Waals surface area contributed by atoms with Crippen LogP contribution in [0.15, 0.2) is 42.5 Å². The van der Waals surface area contributed by atoms with E-state index in [1.54, 1.807) is 0 Å². The number of rotatable bonds is 5. The lowest BCUT2D eigenvalue weighted by atomic mass is 10.1. The molecule has 2 amide bonds. The van der Waals surface area contributed by atoms with Gasteiger partial charge in [0.2, 0.25) is 16.9 Å². The van der Waals surface area contributed by atoms with Crippen LogP contribution in [0.25, 0.3) is 0 Å². The number of hydrogen-bond donors (Lipinski definition) is 1. The minimum Gasteiger partial charge on any atom is -0.312 e. The van der Waals surface area contributed by atoms with Gasteiger partial charge in [-0.15, -0.1) is 10.2 Å². The van der Waals surface area contributed by atoms with Gasteiger partial charge >= 0.3 is 0 Å². The fourth-order valence-electron chi connectivity index (χ4n) is 3.52. The number of amides is 2. The molecule has 30 heavy (non-hydrogen) atoms. The van der Waals surface area contributed by atoms with Gasteiger partial charge in [-0.2, -0.15) is 0 Å². The Morgan fingerprint density at radius 3 is 2.60 bits per heavy atom. The average molecular weight is 421 g/mol. The molecule has 4 rings (SSSR count). The molecule has 2 heterocycles. The molecule has 7 heteroatoms. The smallest absolute Gasteiger partial charge is 0.230 e. The Hall–Kier alpha value is -3.06. The number of anilines is 2. The number of aromatic nitrogens is 2. The van der Waals surface area contributed by atoms with E-state index in [0.29, 0.717) is 18.1 Å². The summed E-state index contributed by atoms with van der Waals surface area (Å²) in [6, 6.07) is 14.0. The molecule has 1 fully saturated rings. The molecule has 2 aromatic carbocycles. The van der Waals surface area contributed by atoms with Crippen molar-refractivity contribution in [2.24, 2.45) is 0 Å². The summed E-state index contributed by atoms with van der Waals surface area (Å²) in [6.45, 7) is 6.70. The van der Waals surface area contributed by atoms with E-state index in [2.05, 4.69) is 22.4 Å². The predicted molar refractivity (Wildman–Crippen MR) is 119 cm³/mol. The van der Waals surface area contributed by atoms with Crippen LogP contribution in [-0.2, 0) is 16.0 Å². The van der Waals surface area contributed by atoms with Gasteiger partial charge in [0.05, 0.1) is 6.42 Å². The fraction of sp³-hybridized carbons (Fsp3) is 0.304. The first-order valence-corrected chi connectivity index (χ1v) is 10.8. The van der Waals surface area contributed by atoms with Crippen molar-refractivity contribution in [3.63, 3.8) is 0 Å². The molecule has 1 aliphatic rings. The number of benzene rings is 2. The van der Waals surface area contributed by atoms with Crippen molar-refractivity contribution in [1.29, 1.82) is 0 Å². The fourth-order valence-corrected chi connectivity index (χ4v) is 4.37. The van der Waals surface area contributed by atoms with Crippen LogP contribution < -0.4 is 10.2 Å². The van der Waals surface area contributed by atoms with Crippen molar-refractivity contribution in [3.05, 3.63) is 69.7 Å². The van der Waals surface area contributed by atoms with Gasteiger partial charge in [-0.25, -0.2) is 0 Å². The summed E-state index contributed by atoms with van der Waals surface area (Å²) in [4.78, 5) is 26.7. The molecule has 0 spiro atoms. The molecule has 1 N–H and O–H groups in total. The van der Waals surface area contributed by atoms with E-state index in [1.165, 1.54) is 22.5 Å². The lowest BCUT2D eigenvalue weighted by Gasteiger charge is -2.17. The molecule has 0 bridgehead atoms. The molecule has 0 saturated carbocycles. The molecule has 3 aromatic rings. The quantitative estimate of drug-likeness (QED) is 0.672. The molecule has 0 aliphatic carbocycles. The first-order valence-electron chi connectivity index (χ1n) is 9.95. The van der Waals surface area contributed by atoms with Crippen LogP contribution in [0.2, 0.25) is 0 Å². The van der Waals surface area contributed by atoms with Crippen molar-refractivity contribution in [2.45, 2.75) is 39.5 Å². The van der Waals surface area contributed by atoms with Gasteiger partial charge in [-0.05, 0) is 49.6 Å². The Morgan fingerprint density at radius 2 is 1.87 bits per heavy atom. The molecular weight excluding hydrogens is 396 g/mol. The zero-order valence-electron chi connectivity index (χ0n) is 17.3. The highest BCUT2D eigenvalue weighted by Gasteiger charge is 2.34. The van der Waals surface area contributed by atoms with Crippen molar-refractivity contribution in [2.75, 3.05) is 16.8 Å². The number of carbonyl (C=O) groups is 2. The molecule has 0 unspecified atom stereocenters. The van der Waals surface area contributed by atoms with Gasteiger partial charge in [0, 0.05) is 24.6 Å². The standard InChI is InChI=1S/C23H24N4O2S/c1-14-4-7-17(8-5-14)11-20(28)24-23-26-25-22(30-23)18-12-21(29)27(13-18)19-9-6-15(2)16(3)10-19/h4-10,18H,11-13H2,1-3H3,(H,24,26,28)/t18-/m1/s1. The Bertz CT molecular complexity index is 1090. The second-order valence-corrected chi connectivity index (χ2v) is 8.84. The SMILES string of the molecule is Cc1ccc(CC(=O)Nc2nnc([C@@H]3CC(=O)N(c4ccc(C)c(C)c4)C3)s2)cc1. The topological polar surface area (TPSA) is 75.2 Å². The zero-order chi connectivity index (χ0) is 21.3. The summed E-state index contributed by atoms with van der Waals surface area (Å²) in [5.74, 6) is -0.0522. The van der Waals surface area contributed by atoms with Gasteiger partial charge in [-0.1, -0.05) is 47.2 Å². The highest BCUT2D eigenvalue weighted by atomic mass is 32.1. The maximum Gasteiger partial charge on any atom is 0.230 e. The van der Waals surface area contributed by atoms with Crippen LogP contribution in [0.4, 0.5) is 10.8 Å². The maximum absolute atomic E-state index is 12.6. The largest absolute Gasteiger partial charge is 0.312 e. The lowest BCUT2D eigenvalue weighted by molar-refractivity contribution is -0.117. The monoisotopic (exact) mass is 420 g/mol. The summed E-state index contributed by atoms with van der Waals surface area (Å²) < 4.78 is 0. The minimum atomic E-state index is -0.124. The summed E-state index contributed by atoms with van der Waals surface area (Å²) >= 11 is 1.34. The van der Waals surface area contributed by atoms with Crippen LogP contribution in [0, 0.1) is 20.8 Å². The number of nitrogens with zero attached hydrogens (tertiary/aromatic N) is 3. The maximum atomic E-state index is 12.6. The molecule has 1 aromatic heterocycles. The van der Waals surface area contributed by atoms with Crippen LogP contribution in [0.3, 0.4) is 0 Å². The van der Waals surface area contributed by atoms with Crippen molar-refractivity contribution in [1.82, 2.24) is 10.2 Å². The van der Waals surface area contributed by atoms with Crippen molar-refractivity contribution in [3.8, 4) is 0 Å². The molecule has 1 saturated heterocycles. The summed E-state index contributed by atoms with van der Waals surface area (Å²) in [5.41, 5.74) is 5.40. The third kappa shape index (κ3) is 4.41. The van der Waals surface area contributed by atoms with Crippen molar-refractivity contribution < 1.29 is 9.59 Å². The van der Waals surface area contributed by atoms with Crippen LogP contribution >= 0.6 is 11.3 Å². The average Bonchev–Trinajstić information content (AvgIpc) is 3.32. The minimum absolute atomic E-state index is 0.0145. The van der Waals surface area contributed by atoms with E-state index >= 15 is 0 Å². The summed E-state index contributed by atoms with van der Waals surface area (Å²) in [5, 5.41) is 12.4. The first-order chi connectivity index (χ1) is 14.4. The highest BCUT2D eigenvalue weighted by Crippen LogP contribution is 2.34. The van der Waals surface area contributed by atoms with E-state index < -0.39 is 0 Å². The van der Waals surface area contributed by atoms with Crippen LogP contribution in [0.5, 0.6) is 0 Å². The van der Waals surface area contributed by atoms with E-state index in [0.717, 1.165) is 21.8 Å². The van der Waals surface area contributed by atoms with Gasteiger partial charge in [0.15, 0.2) is 0 Å². The normalized spacial score (nSPS) is 16.2. The molecule has 1 atom stereocenters. The molecule has 0 radical (unpaired) electrons. The second-order valence-electron chi connectivity index (χ2n) is 7.83. The summed E-state index contributed by atoms with van der Waals surface area (Å²) in [6.07, 6.45) is 0.691. The third-order valence-electron chi connectivity index (χ3n) is 5.45. The van der Waals surface area contributed by atoms with Crippen LogP contribution in [-0.4, -0.2) is 28.6 Å². The molecular formula is C23H24N4O2S. The predicted octanol–water partition coefficient (Wildman–Crippen LogP) is 4.17. The Balaban J connectivity index is 1.40. The molecule has 6 nitrogen and oxygen atoms in total. The number of aryl methyl sites for hydroxylation is 3. The molecule has 154 valence electrons. The Kier molecular flexibility index (Phi) is 5.63. The lowest BCUT2D eigenvalue weighted by Crippen LogP contribution is -2.24. The number of hydrogen-bond acceptors (Lipinski definition) is 5. The van der Waals surface area contributed by atoms with Gasteiger partial charge in [-0.3, -0.25) is 9.59 Å². The van der Waals surface area contributed by atoms with E-state index in [4.69, 9.17) is 0 Å². The highest BCUT2D eigenvalue weighted by molar-refractivity contribution is 7.15. The van der Waals surface area contributed by atoms with E-state index in [9.17, 15) is 9.59 Å². The van der Waals surface area contributed by atoms with Gasteiger partial charge < -0.3 is 10.2 Å².